The second-order valence-corrected chi connectivity index (χ2v) is 6.50. The van der Waals surface area contributed by atoms with Crippen LogP contribution in [0.25, 0.3) is 0 Å². The van der Waals surface area contributed by atoms with Crippen LogP contribution in [0.2, 0.25) is 0 Å². The molecule has 0 aliphatic carbocycles. The van der Waals surface area contributed by atoms with Crippen LogP contribution in [0.15, 0.2) is 34.9 Å². The van der Waals surface area contributed by atoms with Gasteiger partial charge in [0.15, 0.2) is 0 Å². The van der Waals surface area contributed by atoms with Gasteiger partial charge >= 0.3 is 0 Å². The maximum atomic E-state index is 11.1. The van der Waals surface area contributed by atoms with Gasteiger partial charge in [-0.3, -0.25) is 9.69 Å². The SMILES string of the molecule is Cc1cc([C@@H]2CCCCN2CCCOc2ccc(C(N)=O)cc2)no1. The van der Waals surface area contributed by atoms with Crippen LogP contribution in [0, 0.1) is 6.92 Å². The highest BCUT2D eigenvalue weighted by Crippen LogP contribution is 2.30. The number of amides is 1. The number of likely N-dealkylation sites (tertiary alicyclic amines) is 1. The van der Waals surface area contributed by atoms with Crippen molar-refractivity contribution in [2.24, 2.45) is 5.73 Å². The molecule has 25 heavy (non-hydrogen) atoms. The molecule has 6 nitrogen and oxygen atoms in total. The molecule has 1 aromatic carbocycles. The van der Waals surface area contributed by atoms with Crippen molar-refractivity contribution in [3.8, 4) is 5.75 Å². The molecule has 1 aromatic heterocycles. The molecule has 0 bridgehead atoms. The van der Waals surface area contributed by atoms with Gasteiger partial charge in [0.2, 0.25) is 5.91 Å². The van der Waals surface area contributed by atoms with Crippen molar-refractivity contribution in [1.29, 1.82) is 0 Å². The number of ether oxygens (including phenoxy) is 1. The van der Waals surface area contributed by atoms with Gasteiger partial charge in [-0.15, -0.1) is 0 Å². The van der Waals surface area contributed by atoms with Gasteiger partial charge in [-0.2, -0.15) is 0 Å². The maximum Gasteiger partial charge on any atom is 0.248 e. The summed E-state index contributed by atoms with van der Waals surface area (Å²) in [5, 5.41) is 4.20. The Morgan fingerprint density at radius 3 is 2.84 bits per heavy atom. The molecule has 1 atom stereocenters. The topological polar surface area (TPSA) is 81.6 Å². The molecule has 1 aliphatic rings. The third kappa shape index (κ3) is 4.60. The van der Waals surface area contributed by atoms with Crippen molar-refractivity contribution >= 4 is 5.91 Å². The van der Waals surface area contributed by atoms with E-state index in [-0.39, 0.29) is 0 Å². The summed E-state index contributed by atoms with van der Waals surface area (Å²) in [7, 11) is 0. The number of hydrogen-bond donors (Lipinski definition) is 1. The third-order valence-corrected chi connectivity index (χ3v) is 4.60. The number of rotatable bonds is 7. The average Bonchev–Trinajstić information content (AvgIpc) is 3.06. The highest BCUT2D eigenvalue weighted by Gasteiger charge is 2.25. The van der Waals surface area contributed by atoms with Gasteiger partial charge in [0.05, 0.1) is 12.6 Å². The minimum atomic E-state index is -0.425. The summed E-state index contributed by atoms with van der Waals surface area (Å²) < 4.78 is 11.0. The molecule has 2 N–H and O–H groups in total. The van der Waals surface area contributed by atoms with Crippen molar-refractivity contribution in [3.05, 3.63) is 47.3 Å². The van der Waals surface area contributed by atoms with Crippen molar-refractivity contribution in [2.45, 2.75) is 38.6 Å². The number of carbonyl (C=O) groups excluding carboxylic acids is 1. The van der Waals surface area contributed by atoms with Crippen LogP contribution in [-0.2, 0) is 0 Å². The summed E-state index contributed by atoms with van der Waals surface area (Å²) in [6.07, 6.45) is 4.52. The zero-order chi connectivity index (χ0) is 17.6. The number of primary amides is 1. The van der Waals surface area contributed by atoms with Gasteiger partial charge in [-0.25, -0.2) is 0 Å². The molecule has 134 valence electrons. The van der Waals surface area contributed by atoms with Gasteiger partial charge in [0.25, 0.3) is 0 Å². The first kappa shape index (κ1) is 17.5. The number of nitrogens with zero attached hydrogens (tertiary/aromatic N) is 2. The van der Waals surface area contributed by atoms with Crippen molar-refractivity contribution in [1.82, 2.24) is 10.1 Å². The second-order valence-electron chi connectivity index (χ2n) is 6.50. The first-order valence-electron chi connectivity index (χ1n) is 8.83. The fraction of sp³-hybridized carbons (Fsp3) is 0.474. The largest absolute Gasteiger partial charge is 0.494 e. The number of benzene rings is 1. The molecule has 0 radical (unpaired) electrons. The fourth-order valence-corrected chi connectivity index (χ4v) is 3.31. The fourth-order valence-electron chi connectivity index (χ4n) is 3.31. The molecule has 0 saturated carbocycles. The highest BCUT2D eigenvalue weighted by molar-refractivity contribution is 5.92. The summed E-state index contributed by atoms with van der Waals surface area (Å²) in [5.74, 6) is 1.20. The summed E-state index contributed by atoms with van der Waals surface area (Å²) >= 11 is 0. The van der Waals surface area contributed by atoms with Crippen molar-refractivity contribution in [3.63, 3.8) is 0 Å². The minimum Gasteiger partial charge on any atom is -0.494 e. The average molecular weight is 343 g/mol. The molecule has 3 rings (SSSR count). The summed E-state index contributed by atoms with van der Waals surface area (Å²) in [6, 6.07) is 9.32. The Labute approximate surface area is 147 Å². The first-order chi connectivity index (χ1) is 12.1. The molecule has 1 fully saturated rings. The minimum absolute atomic E-state index is 0.348. The normalized spacial score (nSPS) is 18.2. The van der Waals surface area contributed by atoms with E-state index in [1.165, 1.54) is 12.8 Å². The Kier molecular flexibility index (Phi) is 5.71. The lowest BCUT2D eigenvalue weighted by atomic mass is 9.99. The smallest absolute Gasteiger partial charge is 0.248 e. The Morgan fingerprint density at radius 2 is 2.16 bits per heavy atom. The van der Waals surface area contributed by atoms with Gasteiger partial charge in [-0.05, 0) is 57.0 Å². The van der Waals surface area contributed by atoms with Crippen LogP contribution in [0.4, 0.5) is 0 Å². The second kappa shape index (κ2) is 8.16. The number of hydrogen-bond acceptors (Lipinski definition) is 5. The van der Waals surface area contributed by atoms with E-state index in [9.17, 15) is 4.79 Å². The third-order valence-electron chi connectivity index (χ3n) is 4.60. The van der Waals surface area contributed by atoms with E-state index < -0.39 is 5.91 Å². The van der Waals surface area contributed by atoms with Crippen molar-refractivity contribution < 1.29 is 14.1 Å². The van der Waals surface area contributed by atoms with E-state index in [0.717, 1.165) is 43.1 Å². The van der Waals surface area contributed by atoms with E-state index in [2.05, 4.69) is 10.1 Å². The van der Waals surface area contributed by atoms with Crippen LogP contribution in [-0.4, -0.2) is 35.7 Å². The van der Waals surface area contributed by atoms with Gasteiger partial charge in [0, 0.05) is 18.2 Å². The zero-order valence-electron chi connectivity index (χ0n) is 14.6. The highest BCUT2D eigenvalue weighted by atomic mass is 16.5. The molecule has 0 unspecified atom stereocenters. The maximum absolute atomic E-state index is 11.1. The summed E-state index contributed by atoms with van der Waals surface area (Å²) in [4.78, 5) is 13.5. The number of carbonyl (C=O) groups is 1. The van der Waals surface area contributed by atoms with Crippen LogP contribution in [0.1, 0.15) is 53.5 Å². The molecule has 1 saturated heterocycles. The van der Waals surface area contributed by atoms with Crippen LogP contribution in [0.5, 0.6) is 5.75 Å². The Balaban J connectivity index is 1.47. The van der Waals surface area contributed by atoms with E-state index in [0.29, 0.717) is 18.2 Å². The van der Waals surface area contributed by atoms with Crippen LogP contribution in [0.3, 0.4) is 0 Å². The molecular weight excluding hydrogens is 318 g/mol. The molecule has 2 aromatic rings. The van der Waals surface area contributed by atoms with E-state index in [1.807, 2.05) is 13.0 Å². The molecule has 1 aliphatic heterocycles. The predicted molar refractivity (Wildman–Crippen MR) is 94.5 cm³/mol. The van der Waals surface area contributed by atoms with Crippen LogP contribution < -0.4 is 10.5 Å². The van der Waals surface area contributed by atoms with Crippen molar-refractivity contribution in [2.75, 3.05) is 19.7 Å². The van der Waals surface area contributed by atoms with E-state index in [1.54, 1.807) is 24.3 Å². The Bertz CT molecular complexity index is 696. The zero-order valence-corrected chi connectivity index (χ0v) is 14.6. The lowest BCUT2D eigenvalue weighted by molar-refractivity contribution is 0.1000. The summed E-state index contributed by atoms with van der Waals surface area (Å²) in [6.45, 7) is 4.62. The summed E-state index contributed by atoms with van der Waals surface area (Å²) in [5.41, 5.74) is 6.77. The lowest BCUT2D eigenvalue weighted by Gasteiger charge is -2.34. The number of nitrogens with two attached hydrogens (primary N) is 1. The number of piperidine rings is 1. The first-order valence-corrected chi connectivity index (χ1v) is 8.83. The predicted octanol–water partition coefficient (Wildman–Crippen LogP) is 3.08. The van der Waals surface area contributed by atoms with Gasteiger partial charge in [0.1, 0.15) is 17.2 Å². The molecule has 0 spiro atoms. The van der Waals surface area contributed by atoms with Gasteiger partial charge in [-0.1, -0.05) is 11.6 Å². The van der Waals surface area contributed by atoms with E-state index in [4.69, 9.17) is 15.0 Å². The molecular formula is C19H25N3O3. The number of aromatic nitrogens is 1. The lowest BCUT2D eigenvalue weighted by Crippen LogP contribution is -2.35. The van der Waals surface area contributed by atoms with Crippen LogP contribution >= 0.6 is 0 Å². The molecule has 1 amide bonds. The quantitative estimate of drug-likeness (QED) is 0.781. The monoisotopic (exact) mass is 343 g/mol. The standard InChI is InChI=1S/C19H25N3O3/c1-14-13-17(21-25-14)18-5-2-3-10-22(18)11-4-12-24-16-8-6-15(7-9-16)19(20)23/h6-9,13,18H,2-5,10-12H2,1H3,(H2,20,23)/t18-/m0/s1. The molecule has 2 heterocycles. The number of aryl methyl sites for hydroxylation is 1. The Morgan fingerprint density at radius 1 is 1.36 bits per heavy atom. The molecule has 6 heteroatoms. The van der Waals surface area contributed by atoms with E-state index >= 15 is 0 Å². The Hall–Kier alpha value is -2.34. The van der Waals surface area contributed by atoms with Gasteiger partial charge < -0.3 is 15.0 Å².